The van der Waals surface area contributed by atoms with Crippen molar-refractivity contribution in [2.45, 2.75) is 48.9 Å². The molecule has 0 aliphatic heterocycles. The highest BCUT2D eigenvalue weighted by molar-refractivity contribution is 7.92. The van der Waals surface area contributed by atoms with Gasteiger partial charge in [-0.2, -0.15) is 0 Å². The summed E-state index contributed by atoms with van der Waals surface area (Å²) in [5.74, 6) is -2.92. The van der Waals surface area contributed by atoms with Gasteiger partial charge < -0.3 is 10.4 Å². The fourth-order valence-electron chi connectivity index (χ4n) is 4.67. The van der Waals surface area contributed by atoms with E-state index in [4.69, 9.17) is 11.6 Å². The molecule has 0 spiro atoms. The van der Waals surface area contributed by atoms with Gasteiger partial charge in [0, 0.05) is 16.8 Å². The molecule has 0 radical (unpaired) electrons. The Morgan fingerprint density at radius 3 is 2.42 bits per heavy atom. The topological polar surface area (TPSA) is 83.5 Å². The van der Waals surface area contributed by atoms with Crippen molar-refractivity contribution in [3.63, 3.8) is 0 Å². The van der Waals surface area contributed by atoms with Crippen molar-refractivity contribution in [2.24, 2.45) is 11.8 Å². The van der Waals surface area contributed by atoms with Crippen LogP contribution in [0.4, 0.5) is 14.5 Å². The minimum absolute atomic E-state index is 0.00608. The zero-order chi connectivity index (χ0) is 22.7. The number of carbonyl (C=O) groups is 1. The zero-order valence-corrected chi connectivity index (χ0v) is 18.5. The maximum Gasteiger partial charge on any atom is 0.255 e. The highest BCUT2D eigenvalue weighted by Gasteiger charge is 2.57. The smallest absolute Gasteiger partial charge is 0.255 e. The Kier molecular flexibility index (Phi) is 5.39. The van der Waals surface area contributed by atoms with E-state index in [1.165, 1.54) is 31.2 Å². The number of sulfone groups is 1. The third-order valence-corrected chi connectivity index (χ3v) is 9.50. The fourth-order valence-corrected chi connectivity index (χ4v) is 7.07. The molecule has 3 saturated carbocycles. The molecule has 3 aliphatic carbocycles. The van der Waals surface area contributed by atoms with Crippen molar-refractivity contribution in [3.8, 4) is 0 Å². The molecule has 0 heterocycles. The second kappa shape index (κ2) is 7.53. The van der Waals surface area contributed by atoms with Gasteiger partial charge in [0.05, 0.1) is 20.8 Å². The molecule has 2 aromatic carbocycles. The number of anilines is 1. The highest BCUT2D eigenvalue weighted by Crippen LogP contribution is 2.55. The molecule has 3 fully saturated rings. The number of hydrogen-bond acceptors (Lipinski definition) is 4. The molecule has 1 amide bonds. The van der Waals surface area contributed by atoms with Gasteiger partial charge in [0.15, 0.2) is 21.5 Å². The molecule has 2 atom stereocenters. The van der Waals surface area contributed by atoms with Crippen molar-refractivity contribution in [3.05, 3.63) is 58.1 Å². The van der Waals surface area contributed by atoms with Crippen LogP contribution in [0.3, 0.4) is 0 Å². The van der Waals surface area contributed by atoms with E-state index in [0.29, 0.717) is 12.8 Å². The van der Waals surface area contributed by atoms with Crippen LogP contribution in [0.25, 0.3) is 0 Å². The summed E-state index contributed by atoms with van der Waals surface area (Å²) in [6.45, 7) is 3.07. The lowest BCUT2D eigenvalue weighted by atomic mass is 9.54. The van der Waals surface area contributed by atoms with Crippen molar-refractivity contribution < 1.29 is 27.1 Å². The van der Waals surface area contributed by atoms with Crippen molar-refractivity contribution >= 4 is 33.0 Å². The average Bonchev–Trinajstić information content (AvgIpc) is 2.74. The zero-order valence-electron chi connectivity index (χ0n) is 17.0. The summed E-state index contributed by atoms with van der Waals surface area (Å²) in [4.78, 5) is 12.5. The number of hydrogen-bond donors (Lipinski definition) is 2. The van der Waals surface area contributed by atoms with E-state index < -0.39 is 38.2 Å². The SMILES string of the molecule is Cc1c(NC(=O)c2ccc(Cl)c(S(=O)(=O)C3CC4CC(C3)C4(C)O)c2)ccc(F)c1F. The second-order valence-electron chi connectivity index (χ2n) is 8.63. The number of carbonyl (C=O) groups excluding carboxylic acids is 1. The molecule has 2 bridgehead atoms. The molecule has 9 heteroatoms. The summed E-state index contributed by atoms with van der Waals surface area (Å²) in [5.41, 5.74) is -0.790. The molecular formula is C22H22ClF2NO4S. The van der Waals surface area contributed by atoms with Crippen LogP contribution < -0.4 is 5.32 Å². The molecule has 2 aromatic rings. The van der Waals surface area contributed by atoms with E-state index in [9.17, 15) is 27.1 Å². The van der Waals surface area contributed by atoms with Gasteiger partial charge >= 0.3 is 0 Å². The summed E-state index contributed by atoms with van der Waals surface area (Å²) in [6, 6.07) is 6.05. The van der Waals surface area contributed by atoms with Crippen LogP contribution in [0.1, 0.15) is 42.1 Å². The Hall–Kier alpha value is -2.03. The molecule has 0 saturated heterocycles. The third kappa shape index (κ3) is 3.64. The summed E-state index contributed by atoms with van der Waals surface area (Å²) >= 11 is 6.18. The number of benzene rings is 2. The number of nitrogens with one attached hydrogen (secondary N) is 1. The molecule has 0 aromatic heterocycles. The first kappa shape index (κ1) is 22.2. The molecule has 31 heavy (non-hydrogen) atoms. The van der Waals surface area contributed by atoms with Crippen molar-refractivity contribution in [2.75, 3.05) is 5.32 Å². The summed E-state index contributed by atoms with van der Waals surface area (Å²) in [6.07, 6.45) is 1.49. The Balaban J connectivity index is 1.60. The van der Waals surface area contributed by atoms with Crippen LogP contribution in [0.5, 0.6) is 0 Å². The van der Waals surface area contributed by atoms with Gasteiger partial charge in [0.2, 0.25) is 0 Å². The standard InChI is InChI=1S/C22H22ClF2NO4S/c1-11-18(6-5-17(24)20(11)25)26-21(27)12-3-4-16(23)19(7-12)31(29,30)15-9-13-8-14(10-15)22(13,2)28/h3-7,13-15,28H,8-10H2,1-2H3,(H,26,27). The van der Waals surface area contributed by atoms with Crippen LogP contribution in [0.15, 0.2) is 35.2 Å². The lowest BCUT2D eigenvalue weighted by Gasteiger charge is -2.56. The molecule has 2 N–H and O–H groups in total. The van der Waals surface area contributed by atoms with Gasteiger partial charge in [0.25, 0.3) is 5.91 Å². The first-order valence-electron chi connectivity index (χ1n) is 9.94. The van der Waals surface area contributed by atoms with E-state index in [1.807, 2.05) is 0 Å². The molecule has 3 aliphatic rings. The van der Waals surface area contributed by atoms with Gasteiger partial charge in [-0.15, -0.1) is 0 Å². The Labute approximate surface area is 184 Å². The summed E-state index contributed by atoms with van der Waals surface area (Å²) < 4.78 is 53.6. The Morgan fingerprint density at radius 2 is 1.81 bits per heavy atom. The predicted molar refractivity (Wildman–Crippen MR) is 113 cm³/mol. The monoisotopic (exact) mass is 469 g/mol. The van der Waals surface area contributed by atoms with E-state index in [0.717, 1.165) is 12.5 Å². The predicted octanol–water partition coefficient (Wildman–Crippen LogP) is 4.50. The fraction of sp³-hybridized carbons (Fsp3) is 0.409. The maximum atomic E-state index is 13.8. The Morgan fingerprint density at radius 1 is 1.16 bits per heavy atom. The van der Waals surface area contributed by atoms with Crippen LogP contribution in [0, 0.1) is 30.4 Å². The number of rotatable bonds is 4. The molecule has 2 unspecified atom stereocenters. The number of halogens is 3. The lowest BCUT2D eigenvalue weighted by molar-refractivity contribution is -0.162. The van der Waals surface area contributed by atoms with Gasteiger partial charge in [-0.3, -0.25) is 4.79 Å². The Bertz CT molecular complexity index is 1170. The normalized spacial score (nSPS) is 27.5. The van der Waals surface area contributed by atoms with Gasteiger partial charge in [-0.05, 0) is 75.3 Å². The van der Waals surface area contributed by atoms with E-state index >= 15 is 0 Å². The lowest BCUT2D eigenvalue weighted by Crippen LogP contribution is -2.60. The molecule has 5 nitrogen and oxygen atoms in total. The minimum Gasteiger partial charge on any atom is -0.390 e. The van der Waals surface area contributed by atoms with E-state index in [2.05, 4.69) is 5.32 Å². The third-order valence-electron chi connectivity index (χ3n) is 6.84. The van der Waals surface area contributed by atoms with Gasteiger partial charge in [-0.1, -0.05) is 11.6 Å². The summed E-state index contributed by atoms with van der Waals surface area (Å²) in [5, 5.41) is 12.2. The number of aliphatic hydroxyl groups is 1. The quantitative estimate of drug-likeness (QED) is 0.690. The number of fused-ring (bicyclic) bond motifs is 2. The summed E-state index contributed by atoms with van der Waals surface area (Å²) in [7, 11) is -3.83. The van der Waals surface area contributed by atoms with E-state index in [-0.39, 0.29) is 38.6 Å². The second-order valence-corrected chi connectivity index (χ2v) is 11.2. The first-order chi connectivity index (χ1) is 14.4. The highest BCUT2D eigenvalue weighted by atomic mass is 35.5. The molecule has 166 valence electrons. The van der Waals surface area contributed by atoms with Gasteiger partial charge in [-0.25, -0.2) is 17.2 Å². The van der Waals surface area contributed by atoms with Crippen LogP contribution in [0.2, 0.25) is 5.02 Å². The first-order valence-corrected chi connectivity index (χ1v) is 11.9. The molecular weight excluding hydrogens is 448 g/mol. The van der Waals surface area contributed by atoms with Crippen molar-refractivity contribution in [1.82, 2.24) is 0 Å². The minimum atomic E-state index is -3.83. The average molecular weight is 470 g/mol. The van der Waals surface area contributed by atoms with Gasteiger partial charge in [0.1, 0.15) is 0 Å². The largest absolute Gasteiger partial charge is 0.390 e. The van der Waals surface area contributed by atoms with Crippen molar-refractivity contribution in [1.29, 1.82) is 0 Å². The van der Waals surface area contributed by atoms with Crippen LogP contribution >= 0.6 is 11.6 Å². The molecule has 5 rings (SSSR count). The van der Waals surface area contributed by atoms with E-state index in [1.54, 1.807) is 6.92 Å². The van der Waals surface area contributed by atoms with Crippen LogP contribution in [-0.2, 0) is 9.84 Å². The number of amides is 1. The van der Waals surface area contributed by atoms with Crippen LogP contribution in [-0.4, -0.2) is 30.3 Å². The maximum absolute atomic E-state index is 13.8.